The van der Waals surface area contributed by atoms with E-state index in [-0.39, 0.29) is 5.92 Å². The van der Waals surface area contributed by atoms with E-state index >= 15 is 0 Å². The number of sulfonamides is 1. The van der Waals surface area contributed by atoms with E-state index in [1.807, 2.05) is 18.2 Å². The van der Waals surface area contributed by atoms with Crippen molar-refractivity contribution in [3.63, 3.8) is 0 Å². The lowest BCUT2D eigenvalue weighted by molar-refractivity contribution is 0.204. The number of ether oxygens (including phenoxy) is 1. The van der Waals surface area contributed by atoms with Crippen LogP contribution in [0.5, 0.6) is 5.75 Å². The fourth-order valence-corrected chi connectivity index (χ4v) is 7.55. The number of hydrogen-bond acceptors (Lipinski definition) is 5. The van der Waals surface area contributed by atoms with Crippen LogP contribution in [0.1, 0.15) is 49.3 Å². The van der Waals surface area contributed by atoms with E-state index < -0.39 is 15.3 Å². The van der Waals surface area contributed by atoms with Gasteiger partial charge in [0.15, 0.2) is 0 Å². The summed E-state index contributed by atoms with van der Waals surface area (Å²) in [6.07, 6.45) is 2.43. The normalized spacial score (nSPS) is 22.8. The van der Waals surface area contributed by atoms with Crippen molar-refractivity contribution in [1.82, 2.24) is 10.2 Å². The standard InChI is InChI=1S/C32H41N3O3S/c1-23(2)39(36,37)34(3)28-17-18-29(38-4)27(20-28)21-33-31-26-16-11-19-35(22-26)32(31)30(24-12-7-5-8-13-24)25-14-9-6-10-15-25/h5-10,12-15,17-18,20,23,26,30-33H,11,16,19,21-22H2,1-4H3. The first-order valence-corrected chi connectivity index (χ1v) is 15.5. The lowest BCUT2D eigenvalue weighted by atomic mass is 9.80. The van der Waals surface area contributed by atoms with Crippen LogP contribution in [0.4, 0.5) is 5.69 Å². The molecular weight excluding hydrogens is 506 g/mol. The van der Waals surface area contributed by atoms with Gasteiger partial charge in [0, 0.05) is 43.7 Å². The Morgan fingerprint density at radius 1 is 1.00 bits per heavy atom. The largest absolute Gasteiger partial charge is 0.496 e. The second kappa shape index (κ2) is 11.7. The smallest absolute Gasteiger partial charge is 0.237 e. The van der Waals surface area contributed by atoms with E-state index in [1.54, 1.807) is 28.0 Å². The molecule has 39 heavy (non-hydrogen) atoms. The topological polar surface area (TPSA) is 61.9 Å². The molecule has 2 saturated heterocycles. The van der Waals surface area contributed by atoms with Gasteiger partial charge in [0.25, 0.3) is 0 Å². The molecule has 0 amide bonds. The van der Waals surface area contributed by atoms with E-state index in [2.05, 4.69) is 70.9 Å². The molecule has 0 aromatic heterocycles. The van der Waals surface area contributed by atoms with Gasteiger partial charge in [0.1, 0.15) is 5.75 Å². The number of anilines is 1. The summed E-state index contributed by atoms with van der Waals surface area (Å²) in [6, 6.07) is 28.0. The molecule has 2 aliphatic rings. The zero-order valence-corrected chi connectivity index (χ0v) is 24.3. The number of fused-ring (bicyclic) bond motifs is 2. The number of nitrogens with zero attached hydrogens (tertiary/aromatic N) is 2. The number of nitrogens with one attached hydrogen (secondary N) is 1. The van der Waals surface area contributed by atoms with Crippen LogP contribution >= 0.6 is 0 Å². The Hall–Kier alpha value is -2.87. The lowest BCUT2D eigenvalue weighted by Crippen LogP contribution is -2.47. The molecule has 0 aliphatic carbocycles. The molecule has 7 heteroatoms. The van der Waals surface area contributed by atoms with E-state index in [1.165, 1.54) is 28.3 Å². The monoisotopic (exact) mass is 547 g/mol. The first kappa shape index (κ1) is 27.7. The molecule has 6 nitrogen and oxygen atoms in total. The fraction of sp³-hybridized carbons (Fsp3) is 0.438. The fourth-order valence-electron chi connectivity index (χ4n) is 6.51. The highest BCUT2D eigenvalue weighted by Crippen LogP contribution is 2.42. The molecule has 0 saturated carbocycles. The van der Waals surface area contributed by atoms with E-state index in [4.69, 9.17) is 4.74 Å². The van der Waals surface area contributed by atoms with Gasteiger partial charge < -0.3 is 10.1 Å². The van der Waals surface area contributed by atoms with Crippen molar-refractivity contribution in [2.24, 2.45) is 5.92 Å². The van der Waals surface area contributed by atoms with Crippen LogP contribution in [-0.2, 0) is 16.6 Å². The van der Waals surface area contributed by atoms with Crippen LogP contribution in [-0.4, -0.2) is 57.9 Å². The van der Waals surface area contributed by atoms with Gasteiger partial charge in [-0.15, -0.1) is 0 Å². The number of hydrogen-bond donors (Lipinski definition) is 1. The Morgan fingerprint density at radius 2 is 1.64 bits per heavy atom. The van der Waals surface area contributed by atoms with E-state index in [9.17, 15) is 8.42 Å². The third-order valence-corrected chi connectivity index (χ3v) is 10.7. The van der Waals surface area contributed by atoms with Crippen LogP contribution in [0.3, 0.4) is 0 Å². The molecule has 2 heterocycles. The Morgan fingerprint density at radius 3 is 2.23 bits per heavy atom. The Kier molecular flexibility index (Phi) is 8.31. The van der Waals surface area contributed by atoms with Gasteiger partial charge in [0.2, 0.25) is 10.0 Å². The number of benzene rings is 3. The van der Waals surface area contributed by atoms with E-state index in [0.717, 1.165) is 24.4 Å². The molecule has 208 valence electrons. The Bertz CT molecular complexity index is 1310. The lowest BCUT2D eigenvalue weighted by Gasteiger charge is -2.36. The summed E-state index contributed by atoms with van der Waals surface area (Å²) < 4.78 is 32.8. The van der Waals surface area contributed by atoms with Crippen molar-refractivity contribution < 1.29 is 13.2 Å². The quantitative estimate of drug-likeness (QED) is 0.376. The van der Waals surface area contributed by atoms with Gasteiger partial charge in [-0.05, 0) is 68.5 Å². The summed E-state index contributed by atoms with van der Waals surface area (Å²) in [4.78, 5) is 2.69. The third-order valence-electron chi connectivity index (χ3n) is 8.58. The maximum absolute atomic E-state index is 12.8. The van der Waals surface area contributed by atoms with Gasteiger partial charge in [-0.1, -0.05) is 60.7 Å². The molecule has 4 atom stereocenters. The van der Waals surface area contributed by atoms with Crippen molar-refractivity contribution in [3.8, 4) is 5.75 Å². The highest BCUT2D eigenvalue weighted by atomic mass is 32.2. The SMILES string of the molecule is COc1ccc(N(C)S(=O)(=O)C(C)C)cc1CNC1C2CCCN(C2)C1C(c1ccccc1)c1ccccc1. The summed E-state index contributed by atoms with van der Waals surface area (Å²) in [6.45, 7) is 6.24. The summed E-state index contributed by atoms with van der Waals surface area (Å²) in [5, 5.41) is 3.46. The molecule has 0 spiro atoms. The van der Waals surface area contributed by atoms with Crippen molar-refractivity contribution in [3.05, 3.63) is 95.6 Å². The van der Waals surface area contributed by atoms with Gasteiger partial charge in [-0.25, -0.2) is 8.42 Å². The van der Waals surface area contributed by atoms with Crippen LogP contribution in [0.25, 0.3) is 0 Å². The Labute approximate surface area is 234 Å². The molecule has 4 unspecified atom stereocenters. The highest BCUT2D eigenvalue weighted by molar-refractivity contribution is 7.93. The van der Waals surface area contributed by atoms with Crippen LogP contribution in [0.2, 0.25) is 0 Å². The van der Waals surface area contributed by atoms with E-state index in [0.29, 0.717) is 30.2 Å². The van der Waals surface area contributed by atoms with Gasteiger partial charge in [-0.3, -0.25) is 9.21 Å². The Balaban J connectivity index is 1.47. The van der Waals surface area contributed by atoms with Crippen LogP contribution in [0.15, 0.2) is 78.9 Å². The second-order valence-electron chi connectivity index (χ2n) is 11.2. The predicted octanol–water partition coefficient (Wildman–Crippen LogP) is 5.25. The summed E-state index contributed by atoms with van der Waals surface area (Å²) in [5.74, 6) is 1.59. The van der Waals surface area contributed by atoms with Crippen molar-refractivity contribution >= 4 is 15.7 Å². The summed E-state index contributed by atoms with van der Waals surface area (Å²) >= 11 is 0. The van der Waals surface area contributed by atoms with Gasteiger partial charge >= 0.3 is 0 Å². The molecule has 2 bridgehead atoms. The molecule has 5 rings (SSSR count). The molecule has 3 aromatic rings. The zero-order valence-electron chi connectivity index (χ0n) is 23.5. The molecule has 1 N–H and O–H groups in total. The molecule has 3 aromatic carbocycles. The highest BCUT2D eigenvalue weighted by Gasteiger charge is 2.47. The third kappa shape index (κ3) is 5.58. The van der Waals surface area contributed by atoms with Crippen molar-refractivity contribution in [2.75, 3.05) is 31.6 Å². The number of piperidine rings is 1. The van der Waals surface area contributed by atoms with Gasteiger partial charge in [0.05, 0.1) is 18.0 Å². The first-order valence-electron chi connectivity index (χ1n) is 14.0. The average molecular weight is 548 g/mol. The molecule has 2 aliphatic heterocycles. The maximum Gasteiger partial charge on any atom is 0.237 e. The molecule has 2 fully saturated rings. The number of rotatable bonds is 10. The van der Waals surface area contributed by atoms with Crippen molar-refractivity contribution in [2.45, 2.75) is 56.5 Å². The minimum Gasteiger partial charge on any atom is -0.496 e. The number of methoxy groups -OCH3 is 1. The van der Waals surface area contributed by atoms with Gasteiger partial charge in [-0.2, -0.15) is 0 Å². The minimum atomic E-state index is -3.42. The van der Waals surface area contributed by atoms with Crippen LogP contribution in [0, 0.1) is 5.92 Å². The summed E-state index contributed by atoms with van der Waals surface area (Å²) in [5.41, 5.74) is 4.30. The first-order chi connectivity index (χ1) is 18.8. The average Bonchev–Trinajstić information content (AvgIpc) is 3.20. The molecular formula is C32H41N3O3S. The summed E-state index contributed by atoms with van der Waals surface area (Å²) in [7, 11) is -0.126. The maximum atomic E-state index is 12.8. The predicted molar refractivity (Wildman–Crippen MR) is 159 cm³/mol. The van der Waals surface area contributed by atoms with Crippen molar-refractivity contribution in [1.29, 1.82) is 0 Å². The second-order valence-corrected chi connectivity index (χ2v) is 13.7. The zero-order chi connectivity index (χ0) is 27.6. The van der Waals surface area contributed by atoms with Crippen LogP contribution < -0.4 is 14.4 Å². The molecule has 0 radical (unpaired) electrons. The minimum absolute atomic E-state index is 0.253.